The van der Waals surface area contributed by atoms with E-state index in [4.69, 9.17) is 24.3 Å². The molecule has 4 aromatic rings. The van der Waals surface area contributed by atoms with Crippen molar-refractivity contribution in [1.29, 1.82) is 0 Å². The number of benzene rings is 3. The number of methoxy groups -OCH3 is 1. The minimum atomic E-state index is -1.07. The van der Waals surface area contributed by atoms with Gasteiger partial charge in [0.2, 0.25) is 0 Å². The maximum atomic E-state index is 14.0. The zero-order valence-electron chi connectivity index (χ0n) is 22.3. The van der Waals surface area contributed by atoms with Gasteiger partial charge in [-0.15, -0.1) is 0 Å². The standard InChI is InChI=1S/C31H26N2O7S/c1-3-39-30(37)26-27(20-8-5-4-6-9-20)32-31-33(28(26)21-10-7-11-23(17-21)38-2)29(36)24(41-31)16-19-12-14-22(15-13-19)40-18-25(34)35/h4-17,28H,3,18H2,1-2H3,(H,34,35). The Hall–Kier alpha value is -4.96. The molecule has 0 saturated carbocycles. The third kappa shape index (κ3) is 5.82. The van der Waals surface area contributed by atoms with Gasteiger partial charge >= 0.3 is 11.9 Å². The summed E-state index contributed by atoms with van der Waals surface area (Å²) in [7, 11) is 1.56. The number of hydrogen-bond donors (Lipinski definition) is 1. The number of fused-ring (bicyclic) bond motifs is 1. The van der Waals surface area contributed by atoms with Crippen LogP contribution in [0, 0.1) is 0 Å². The second-order valence-electron chi connectivity index (χ2n) is 8.96. The van der Waals surface area contributed by atoms with Crippen LogP contribution in [0.15, 0.2) is 94.2 Å². The number of aromatic nitrogens is 1. The predicted octanol–water partition coefficient (Wildman–Crippen LogP) is 3.41. The smallest absolute Gasteiger partial charge is 0.341 e. The van der Waals surface area contributed by atoms with Gasteiger partial charge in [0.1, 0.15) is 11.5 Å². The molecule has 9 nitrogen and oxygen atoms in total. The quantitative estimate of drug-likeness (QED) is 0.307. The third-order valence-electron chi connectivity index (χ3n) is 6.32. The van der Waals surface area contributed by atoms with Crippen molar-refractivity contribution in [2.75, 3.05) is 20.3 Å². The Morgan fingerprint density at radius 3 is 2.46 bits per heavy atom. The molecule has 41 heavy (non-hydrogen) atoms. The summed E-state index contributed by atoms with van der Waals surface area (Å²) in [4.78, 5) is 43.5. The molecular weight excluding hydrogens is 544 g/mol. The first-order valence-corrected chi connectivity index (χ1v) is 13.6. The van der Waals surface area contributed by atoms with Crippen molar-refractivity contribution in [3.63, 3.8) is 0 Å². The van der Waals surface area contributed by atoms with E-state index in [1.165, 1.54) is 15.9 Å². The van der Waals surface area contributed by atoms with E-state index in [9.17, 15) is 14.4 Å². The SMILES string of the molecule is CCOC(=O)C1=C(c2ccccc2)N=c2sc(=Cc3ccc(OCC(=O)O)cc3)c(=O)n2C1c1cccc(OC)c1. The molecule has 0 aliphatic carbocycles. The van der Waals surface area contributed by atoms with Gasteiger partial charge in [-0.2, -0.15) is 0 Å². The van der Waals surface area contributed by atoms with Crippen LogP contribution in [0.1, 0.15) is 29.7 Å². The van der Waals surface area contributed by atoms with Crippen molar-refractivity contribution in [2.45, 2.75) is 13.0 Å². The van der Waals surface area contributed by atoms with E-state index >= 15 is 0 Å². The maximum absolute atomic E-state index is 14.0. The molecule has 1 N–H and O–H groups in total. The van der Waals surface area contributed by atoms with Gasteiger partial charge in [-0.3, -0.25) is 9.36 Å². The van der Waals surface area contributed by atoms with Crippen LogP contribution in [0.3, 0.4) is 0 Å². The number of carboxylic acids is 1. The Kier molecular flexibility index (Phi) is 8.11. The summed E-state index contributed by atoms with van der Waals surface area (Å²) in [6.07, 6.45) is 1.73. The second-order valence-corrected chi connectivity index (χ2v) is 9.97. The number of carbonyl (C=O) groups excluding carboxylic acids is 1. The molecular formula is C31H26N2O7S. The molecule has 0 bridgehead atoms. The Morgan fingerprint density at radius 1 is 1.02 bits per heavy atom. The van der Waals surface area contributed by atoms with Crippen molar-refractivity contribution >= 4 is 35.0 Å². The molecule has 1 unspecified atom stereocenters. The molecule has 1 aromatic heterocycles. The highest BCUT2D eigenvalue weighted by molar-refractivity contribution is 7.07. The lowest BCUT2D eigenvalue weighted by molar-refractivity contribution is -0.140. The first-order chi connectivity index (χ1) is 19.9. The molecule has 0 amide bonds. The van der Waals surface area contributed by atoms with E-state index in [-0.39, 0.29) is 17.7 Å². The average Bonchev–Trinajstić information content (AvgIpc) is 3.30. The summed E-state index contributed by atoms with van der Waals surface area (Å²) in [6.45, 7) is 1.44. The topological polar surface area (TPSA) is 116 Å². The average molecular weight is 571 g/mol. The number of carbonyl (C=O) groups is 2. The number of nitrogens with zero attached hydrogens (tertiary/aromatic N) is 2. The summed E-state index contributed by atoms with van der Waals surface area (Å²) >= 11 is 1.21. The van der Waals surface area contributed by atoms with Crippen LogP contribution in [-0.4, -0.2) is 41.9 Å². The Morgan fingerprint density at radius 2 is 1.78 bits per heavy atom. The van der Waals surface area contributed by atoms with Crippen molar-refractivity contribution < 1.29 is 28.9 Å². The molecule has 2 heterocycles. The van der Waals surface area contributed by atoms with Gasteiger partial charge in [0.25, 0.3) is 5.56 Å². The first-order valence-electron chi connectivity index (χ1n) is 12.8. The summed E-state index contributed by atoms with van der Waals surface area (Å²) in [5, 5.41) is 8.83. The van der Waals surface area contributed by atoms with Gasteiger partial charge in [0.15, 0.2) is 11.4 Å². The van der Waals surface area contributed by atoms with E-state index in [1.807, 2.05) is 42.5 Å². The molecule has 1 atom stereocenters. The van der Waals surface area contributed by atoms with Crippen LogP contribution in [-0.2, 0) is 14.3 Å². The van der Waals surface area contributed by atoms with Crippen LogP contribution < -0.4 is 24.4 Å². The van der Waals surface area contributed by atoms with Crippen molar-refractivity contribution in [3.05, 3.63) is 121 Å². The van der Waals surface area contributed by atoms with Crippen LogP contribution in [0.5, 0.6) is 11.5 Å². The third-order valence-corrected chi connectivity index (χ3v) is 7.31. The highest BCUT2D eigenvalue weighted by Gasteiger charge is 2.35. The minimum Gasteiger partial charge on any atom is -0.497 e. The number of carboxylic acid groups (broad SMARTS) is 1. The first kappa shape index (κ1) is 27.6. The highest BCUT2D eigenvalue weighted by atomic mass is 32.1. The molecule has 208 valence electrons. The van der Waals surface area contributed by atoms with Crippen molar-refractivity contribution in [3.8, 4) is 11.5 Å². The fourth-order valence-corrected chi connectivity index (χ4v) is 5.53. The van der Waals surface area contributed by atoms with E-state index in [0.29, 0.717) is 37.7 Å². The molecule has 3 aromatic carbocycles. The summed E-state index contributed by atoms with van der Waals surface area (Å²) in [5.74, 6) is -0.654. The molecule has 1 aliphatic heterocycles. The van der Waals surface area contributed by atoms with Crippen LogP contribution in [0.25, 0.3) is 11.8 Å². The molecule has 0 fully saturated rings. The lowest BCUT2D eigenvalue weighted by Gasteiger charge is -2.26. The summed E-state index contributed by atoms with van der Waals surface area (Å²) in [5.41, 5.74) is 2.47. The van der Waals surface area contributed by atoms with Crippen molar-refractivity contribution in [2.24, 2.45) is 4.99 Å². The van der Waals surface area contributed by atoms with Crippen LogP contribution in [0.2, 0.25) is 0 Å². The number of esters is 1. The normalized spacial score (nSPS) is 14.7. The number of aliphatic carboxylic acids is 1. The fourth-order valence-electron chi connectivity index (χ4n) is 4.52. The Bertz CT molecular complexity index is 1810. The molecule has 0 saturated heterocycles. The maximum Gasteiger partial charge on any atom is 0.341 e. The van der Waals surface area contributed by atoms with Gasteiger partial charge in [0, 0.05) is 5.56 Å². The summed E-state index contributed by atoms with van der Waals surface area (Å²) in [6, 6.07) is 22.5. The Balaban J connectivity index is 1.72. The van der Waals surface area contributed by atoms with Gasteiger partial charge in [-0.05, 0) is 48.4 Å². The van der Waals surface area contributed by atoms with Crippen LogP contribution >= 0.6 is 11.3 Å². The predicted molar refractivity (Wildman–Crippen MR) is 154 cm³/mol. The number of hydrogen-bond acceptors (Lipinski definition) is 8. The van der Waals surface area contributed by atoms with Crippen LogP contribution in [0.4, 0.5) is 0 Å². The second kappa shape index (κ2) is 12.1. The zero-order valence-corrected chi connectivity index (χ0v) is 23.1. The van der Waals surface area contributed by atoms with Gasteiger partial charge in [-0.25, -0.2) is 14.6 Å². The molecule has 0 spiro atoms. The molecule has 1 aliphatic rings. The van der Waals surface area contributed by atoms with Gasteiger partial charge < -0.3 is 19.3 Å². The van der Waals surface area contributed by atoms with E-state index < -0.39 is 24.6 Å². The lowest BCUT2D eigenvalue weighted by Crippen LogP contribution is -2.40. The van der Waals surface area contributed by atoms with E-state index in [2.05, 4.69) is 0 Å². The van der Waals surface area contributed by atoms with E-state index in [1.54, 1.807) is 56.5 Å². The highest BCUT2D eigenvalue weighted by Crippen LogP contribution is 2.36. The largest absolute Gasteiger partial charge is 0.497 e. The lowest BCUT2D eigenvalue weighted by atomic mass is 9.93. The van der Waals surface area contributed by atoms with Gasteiger partial charge in [0.05, 0.1) is 35.6 Å². The molecule has 10 heteroatoms. The summed E-state index contributed by atoms with van der Waals surface area (Å²) < 4.78 is 18.1. The molecule has 5 rings (SSSR count). The number of thiazole rings is 1. The fraction of sp³-hybridized carbons (Fsp3) is 0.161. The number of rotatable bonds is 9. The zero-order chi connectivity index (χ0) is 28.9. The molecule has 0 radical (unpaired) electrons. The van der Waals surface area contributed by atoms with Crippen molar-refractivity contribution in [1.82, 2.24) is 4.57 Å². The van der Waals surface area contributed by atoms with Gasteiger partial charge in [-0.1, -0.05) is 65.9 Å². The monoisotopic (exact) mass is 570 g/mol. The van der Waals surface area contributed by atoms with E-state index in [0.717, 1.165) is 5.56 Å². The number of ether oxygens (including phenoxy) is 3. The minimum absolute atomic E-state index is 0.159. The Labute approximate surface area is 238 Å².